The van der Waals surface area contributed by atoms with Crippen LogP contribution in [0.25, 0.3) is 0 Å². The van der Waals surface area contributed by atoms with Crippen LogP contribution in [0.4, 0.5) is 0 Å². The Morgan fingerprint density at radius 3 is 2.46 bits per heavy atom. The maximum absolute atomic E-state index is 5.70. The van der Waals surface area contributed by atoms with Gasteiger partial charge in [0, 0.05) is 6.04 Å². The molecule has 0 bridgehead atoms. The van der Waals surface area contributed by atoms with Crippen LogP contribution in [-0.4, -0.2) is 12.1 Å². The van der Waals surface area contributed by atoms with Crippen molar-refractivity contribution in [2.75, 3.05) is 0 Å². The smallest absolute Gasteiger partial charge is 0.179 e. The van der Waals surface area contributed by atoms with E-state index in [-0.39, 0.29) is 0 Å². The first-order valence-corrected chi connectivity index (χ1v) is 5.30. The van der Waals surface area contributed by atoms with Gasteiger partial charge < -0.3 is 10.1 Å². The maximum Gasteiger partial charge on any atom is 0.179 e. The van der Waals surface area contributed by atoms with Gasteiger partial charge in [-0.2, -0.15) is 0 Å². The molecule has 0 aromatic rings. The van der Waals surface area contributed by atoms with E-state index in [0.29, 0.717) is 12.1 Å². The van der Waals surface area contributed by atoms with Crippen molar-refractivity contribution < 1.29 is 4.74 Å². The van der Waals surface area contributed by atoms with Crippen molar-refractivity contribution in [3.63, 3.8) is 0 Å². The topological polar surface area (TPSA) is 21.3 Å². The summed E-state index contributed by atoms with van der Waals surface area (Å²) in [5.74, 6) is 0.738. The number of rotatable bonds is 4. The van der Waals surface area contributed by atoms with Gasteiger partial charge in [0.05, 0.1) is 0 Å². The van der Waals surface area contributed by atoms with E-state index < -0.39 is 0 Å². The molecule has 0 unspecified atom stereocenters. The summed E-state index contributed by atoms with van der Waals surface area (Å²) < 4.78 is 5.70. The van der Waals surface area contributed by atoms with Crippen molar-refractivity contribution in [1.82, 2.24) is 5.32 Å². The summed E-state index contributed by atoms with van der Waals surface area (Å²) in [6.07, 6.45) is 6.77. The van der Waals surface area contributed by atoms with Crippen molar-refractivity contribution in [2.45, 2.75) is 58.1 Å². The van der Waals surface area contributed by atoms with Gasteiger partial charge in [-0.15, -0.1) is 0 Å². The minimum Gasteiger partial charge on any atom is -0.476 e. The molecule has 76 valence electrons. The van der Waals surface area contributed by atoms with Crippen LogP contribution in [0.15, 0.2) is 12.5 Å². The van der Waals surface area contributed by atoms with Gasteiger partial charge in [-0.3, -0.25) is 0 Å². The zero-order valence-electron chi connectivity index (χ0n) is 8.81. The van der Waals surface area contributed by atoms with Gasteiger partial charge in [0.1, 0.15) is 6.10 Å². The zero-order valence-corrected chi connectivity index (χ0v) is 8.81. The largest absolute Gasteiger partial charge is 0.476 e. The first kappa shape index (κ1) is 10.4. The van der Waals surface area contributed by atoms with Crippen molar-refractivity contribution >= 4 is 0 Å². The lowest BCUT2D eigenvalue weighted by atomic mass is 9.98. The minimum atomic E-state index is 0.410. The Morgan fingerprint density at radius 2 is 1.92 bits per heavy atom. The second-order valence-electron chi connectivity index (χ2n) is 4.10. The highest BCUT2D eigenvalue weighted by Gasteiger charge is 2.15. The fourth-order valence-electron chi connectivity index (χ4n) is 1.74. The quantitative estimate of drug-likeness (QED) is 0.677. The van der Waals surface area contributed by atoms with Crippen LogP contribution in [0.1, 0.15) is 46.0 Å². The molecule has 2 heteroatoms. The Balaban J connectivity index is 2.18. The number of ether oxygens (including phenoxy) is 1. The van der Waals surface area contributed by atoms with Crippen molar-refractivity contribution in [3.8, 4) is 0 Å². The Bertz CT molecular complexity index is 159. The average molecular weight is 183 g/mol. The second-order valence-corrected chi connectivity index (χ2v) is 4.10. The lowest BCUT2D eigenvalue weighted by molar-refractivity contribution is 0.0694. The molecule has 1 fully saturated rings. The molecule has 1 saturated carbocycles. The van der Waals surface area contributed by atoms with Crippen LogP contribution < -0.4 is 5.32 Å². The first-order valence-electron chi connectivity index (χ1n) is 5.30. The van der Waals surface area contributed by atoms with Crippen LogP contribution >= 0.6 is 0 Å². The van der Waals surface area contributed by atoms with Gasteiger partial charge in [0.2, 0.25) is 0 Å². The molecule has 1 aliphatic rings. The standard InChI is InChI=1S/C11H21NO/c1-9(2)12-10(3)13-11-7-5-4-6-8-11/h9,11-12H,3-8H2,1-2H3. The van der Waals surface area contributed by atoms with Gasteiger partial charge in [-0.25, -0.2) is 0 Å². The minimum absolute atomic E-state index is 0.410. The summed E-state index contributed by atoms with van der Waals surface area (Å²) in [7, 11) is 0. The fourth-order valence-corrected chi connectivity index (χ4v) is 1.74. The second kappa shape index (κ2) is 5.15. The van der Waals surface area contributed by atoms with Gasteiger partial charge in [-0.05, 0) is 46.1 Å². The molecule has 2 nitrogen and oxygen atoms in total. The van der Waals surface area contributed by atoms with Crippen molar-refractivity contribution in [1.29, 1.82) is 0 Å². The Kier molecular flexibility index (Phi) is 4.13. The van der Waals surface area contributed by atoms with Crippen LogP contribution in [0, 0.1) is 0 Å². The SMILES string of the molecule is C=C(NC(C)C)OC1CCCCC1. The molecule has 0 spiro atoms. The number of hydrogen-bond donors (Lipinski definition) is 1. The highest BCUT2D eigenvalue weighted by molar-refractivity contribution is 4.83. The maximum atomic E-state index is 5.70. The van der Waals surface area contributed by atoms with E-state index >= 15 is 0 Å². The summed E-state index contributed by atoms with van der Waals surface area (Å²) in [5.41, 5.74) is 0. The van der Waals surface area contributed by atoms with E-state index in [4.69, 9.17) is 4.74 Å². The predicted octanol–water partition coefficient (Wildman–Crippen LogP) is 2.80. The molecule has 0 saturated heterocycles. The van der Waals surface area contributed by atoms with Gasteiger partial charge in [-0.1, -0.05) is 6.42 Å². The molecular formula is C11H21NO. The lowest BCUT2D eigenvalue weighted by Gasteiger charge is -2.25. The molecule has 0 heterocycles. The van der Waals surface area contributed by atoms with Gasteiger partial charge in [0.15, 0.2) is 5.88 Å². The molecule has 1 rings (SSSR count). The van der Waals surface area contributed by atoms with E-state index in [1.807, 2.05) is 0 Å². The number of nitrogens with one attached hydrogen (secondary N) is 1. The van der Waals surface area contributed by atoms with Crippen LogP contribution in [0.3, 0.4) is 0 Å². The third kappa shape index (κ3) is 4.20. The molecule has 1 N–H and O–H groups in total. The normalized spacial score (nSPS) is 18.7. The number of hydrogen-bond acceptors (Lipinski definition) is 2. The monoisotopic (exact) mass is 183 g/mol. The molecule has 0 aromatic carbocycles. The fraction of sp³-hybridized carbons (Fsp3) is 0.818. The third-order valence-corrected chi connectivity index (χ3v) is 2.31. The van der Waals surface area contributed by atoms with Crippen LogP contribution in [-0.2, 0) is 4.74 Å². The molecule has 13 heavy (non-hydrogen) atoms. The molecule has 1 aliphatic carbocycles. The summed E-state index contributed by atoms with van der Waals surface area (Å²) in [6, 6.07) is 0.413. The average Bonchev–Trinajstić information content (AvgIpc) is 2.04. The zero-order chi connectivity index (χ0) is 9.68. The summed E-state index contributed by atoms with van der Waals surface area (Å²) in [4.78, 5) is 0. The highest BCUT2D eigenvalue weighted by Crippen LogP contribution is 2.21. The Morgan fingerprint density at radius 1 is 1.31 bits per heavy atom. The molecule has 0 aromatic heterocycles. The van der Waals surface area contributed by atoms with E-state index in [1.54, 1.807) is 0 Å². The van der Waals surface area contributed by atoms with Crippen molar-refractivity contribution in [3.05, 3.63) is 12.5 Å². The van der Waals surface area contributed by atoms with E-state index in [2.05, 4.69) is 25.7 Å². The molecular weight excluding hydrogens is 162 g/mol. The van der Waals surface area contributed by atoms with Crippen LogP contribution in [0.2, 0.25) is 0 Å². The summed E-state index contributed by atoms with van der Waals surface area (Å²) in [5, 5.41) is 3.17. The van der Waals surface area contributed by atoms with Gasteiger partial charge in [0.25, 0.3) is 0 Å². The highest BCUT2D eigenvalue weighted by atomic mass is 16.5. The Hall–Kier alpha value is -0.660. The van der Waals surface area contributed by atoms with Gasteiger partial charge >= 0.3 is 0 Å². The predicted molar refractivity (Wildman–Crippen MR) is 55.4 cm³/mol. The Labute approximate surface area is 81.4 Å². The third-order valence-electron chi connectivity index (χ3n) is 2.31. The molecule has 0 amide bonds. The van der Waals surface area contributed by atoms with Crippen molar-refractivity contribution in [2.24, 2.45) is 0 Å². The summed E-state index contributed by atoms with van der Waals surface area (Å²) >= 11 is 0. The summed E-state index contributed by atoms with van der Waals surface area (Å²) in [6.45, 7) is 8.04. The van der Waals surface area contributed by atoms with Crippen LogP contribution in [0.5, 0.6) is 0 Å². The first-order chi connectivity index (χ1) is 6.18. The molecule has 0 atom stereocenters. The molecule has 0 radical (unpaired) electrons. The lowest BCUT2D eigenvalue weighted by Crippen LogP contribution is -2.27. The van der Waals surface area contributed by atoms with E-state index in [1.165, 1.54) is 32.1 Å². The van der Waals surface area contributed by atoms with E-state index in [0.717, 1.165) is 5.88 Å². The molecule has 0 aliphatic heterocycles. The van der Waals surface area contributed by atoms with E-state index in [9.17, 15) is 0 Å².